The summed E-state index contributed by atoms with van der Waals surface area (Å²) in [5, 5.41) is 0.193. The maximum absolute atomic E-state index is 12.5. The van der Waals surface area contributed by atoms with Gasteiger partial charge in [0.2, 0.25) is 0 Å². The molecule has 2 rings (SSSR count). The van der Waals surface area contributed by atoms with E-state index in [0.29, 0.717) is 11.0 Å². The van der Waals surface area contributed by atoms with Crippen molar-refractivity contribution in [1.82, 2.24) is 4.90 Å². The lowest BCUT2D eigenvalue weighted by Gasteiger charge is -2.22. The van der Waals surface area contributed by atoms with Gasteiger partial charge in [0.25, 0.3) is 15.0 Å². The smallest absolute Gasteiger partial charge is 0.261 e. The highest BCUT2D eigenvalue weighted by atomic mass is 79.9. The van der Waals surface area contributed by atoms with Gasteiger partial charge in [-0.1, -0.05) is 11.6 Å². The number of benzene rings is 1. The van der Waals surface area contributed by atoms with Crippen molar-refractivity contribution in [1.29, 1.82) is 0 Å². The van der Waals surface area contributed by atoms with Crippen LogP contribution in [0.15, 0.2) is 21.5 Å². The van der Waals surface area contributed by atoms with Crippen LogP contribution in [0, 0.1) is 0 Å². The molecule has 0 saturated carbocycles. The van der Waals surface area contributed by atoms with Gasteiger partial charge in [-0.25, -0.2) is 8.42 Å². The number of hydrogen-bond acceptors (Lipinski definition) is 3. The fraction of sp³-hybridized carbons (Fsp3) is 0.417. The van der Waals surface area contributed by atoms with Gasteiger partial charge in [0.15, 0.2) is 0 Å². The monoisotopic (exact) mass is 399 g/mol. The molecule has 1 aromatic carbocycles. The summed E-state index contributed by atoms with van der Waals surface area (Å²) in [6.45, 7) is 2.60. The van der Waals surface area contributed by atoms with Gasteiger partial charge in [-0.3, -0.25) is 4.79 Å². The second kappa shape index (κ2) is 5.83. The van der Waals surface area contributed by atoms with Gasteiger partial charge < -0.3 is 4.90 Å². The molecule has 0 N–H and O–H groups in total. The molecular formula is C12H12BrCl2NO3S. The maximum atomic E-state index is 12.5. The molecule has 0 bridgehead atoms. The molecule has 0 spiro atoms. The fourth-order valence-electron chi connectivity index (χ4n) is 2.25. The van der Waals surface area contributed by atoms with Crippen molar-refractivity contribution >= 4 is 53.2 Å². The number of amides is 1. The summed E-state index contributed by atoms with van der Waals surface area (Å²) in [6.07, 6.45) is 1.86. The number of nitrogens with zero attached hydrogens (tertiary/aromatic N) is 1. The van der Waals surface area contributed by atoms with Crippen molar-refractivity contribution in [3.05, 3.63) is 27.2 Å². The summed E-state index contributed by atoms with van der Waals surface area (Å²) in [4.78, 5) is 14.0. The topological polar surface area (TPSA) is 54.5 Å². The summed E-state index contributed by atoms with van der Waals surface area (Å²) >= 11 is 9.26. The van der Waals surface area contributed by atoms with E-state index in [1.54, 1.807) is 4.90 Å². The van der Waals surface area contributed by atoms with E-state index in [1.165, 1.54) is 12.1 Å². The van der Waals surface area contributed by atoms with Crippen molar-refractivity contribution in [3.63, 3.8) is 0 Å². The van der Waals surface area contributed by atoms with Crippen LogP contribution in [-0.2, 0) is 9.05 Å². The van der Waals surface area contributed by atoms with Crippen LogP contribution in [0.5, 0.6) is 0 Å². The van der Waals surface area contributed by atoms with Crippen LogP contribution in [0.1, 0.15) is 30.1 Å². The molecule has 0 radical (unpaired) electrons. The first-order valence-electron chi connectivity index (χ1n) is 5.96. The molecular weight excluding hydrogens is 389 g/mol. The summed E-state index contributed by atoms with van der Waals surface area (Å²) in [6, 6.07) is 2.63. The molecule has 1 atom stereocenters. The summed E-state index contributed by atoms with van der Waals surface area (Å²) in [7, 11) is 1.41. The maximum Gasteiger partial charge on any atom is 0.261 e. The Hall–Kier alpha value is -0.300. The van der Waals surface area contributed by atoms with E-state index in [-0.39, 0.29) is 27.4 Å². The number of hydrogen-bond donors (Lipinski definition) is 0. The zero-order valence-corrected chi connectivity index (χ0v) is 14.5. The molecule has 1 unspecified atom stereocenters. The zero-order valence-electron chi connectivity index (χ0n) is 10.6. The number of rotatable bonds is 2. The number of carbonyl (C=O) groups excluding carboxylic acids is 1. The Bertz CT molecular complexity index is 663. The summed E-state index contributed by atoms with van der Waals surface area (Å²) in [5.74, 6) is -0.275. The molecule has 0 aliphatic carbocycles. The number of halogens is 3. The molecule has 20 heavy (non-hydrogen) atoms. The van der Waals surface area contributed by atoms with Crippen LogP contribution in [-0.4, -0.2) is 31.8 Å². The normalized spacial score (nSPS) is 19.4. The van der Waals surface area contributed by atoms with E-state index in [2.05, 4.69) is 15.9 Å². The van der Waals surface area contributed by atoms with Crippen molar-refractivity contribution in [2.45, 2.75) is 30.7 Å². The lowest BCUT2D eigenvalue weighted by Crippen LogP contribution is -2.33. The second-order valence-electron chi connectivity index (χ2n) is 4.69. The largest absolute Gasteiger partial charge is 0.336 e. The average molecular weight is 401 g/mol. The van der Waals surface area contributed by atoms with E-state index in [9.17, 15) is 13.2 Å². The SMILES string of the molecule is CC1CCCN1C(=O)c1cc(S(=O)(=O)Cl)cc(Br)c1Cl. The Morgan fingerprint density at radius 2 is 2.10 bits per heavy atom. The van der Waals surface area contributed by atoms with Crippen molar-refractivity contribution < 1.29 is 13.2 Å². The van der Waals surface area contributed by atoms with Gasteiger partial charge in [-0.15, -0.1) is 0 Å². The average Bonchev–Trinajstić information content (AvgIpc) is 2.76. The summed E-state index contributed by atoms with van der Waals surface area (Å²) < 4.78 is 23.2. The van der Waals surface area contributed by atoms with Crippen LogP contribution in [0.2, 0.25) is 5.02 Å². The standard InChI is InChI=1S/C12H12BrCl2NO3S/c1-7-3-2-4-16(7)12(17)9-5-8(20(15,18)19)6-10(13)11(9)14/h5-7H,2-4H2,1H3. The van der Waals surface area contributed by atoms with Gasteiger partial charge in [0, 0.05) is 27.7 Å². The Morgan fingerprint density at radius 1 is 1.45 bits per heavy atom. The minimum absolute atomic E-state index is 0.119. The molecule has 8 heteroatoms. The van der Waals surface area contributed by atoms with E-state index in [1.807, 2.05) is 6.92 Å². The second-order valence-corrected chi connectivity index (χ2v) is 8.49. The van der Waals surface area contributed by atoms with E-state index in [0.717, 1.165) is 12.8 Å². The predicted octanol–water partition coefficient (Wildman–Crippen LogP) is 3.65. The first kappa shape index (κ1) is 16.1. The third-order valence-corrected chi connectivity index (χ3v) is 5.92. The molecule has 1 amide bonds. The molecule has 1 saturated heterocycles. The molecule has 1 aliphatic rings. The van der Waals surface area contributed by atoms with Crippen LogP contribution < -0.4 is 0 Å². The van der Waals surface area contributed by atoms with Gasteiger partial charge in [-0.2, -0.15) is 0 Å². The summed E-state index contributed by atoms with van der Waals surface area (Å²) in [5.41, 5.74) is 0.147. The lowest BCUT2D eigenvalue weighted by atomic mass is 10.2. The third-order valence-electron chi connectivity index (χ3n) is 3.33. The van der Waals surface area contributed by atoms with Gasteiger partial charge in [0.05, 0.1) is 15.5 Å². The van der Waals surface area contributed by atoms with E-state index in [4.69, 9.17) is 22.3 Å². The van der Waals surface area contributed by atoms with Crippen molar-refractivity contribution in [2.24, 2.45) is 0 Å². The Morgan fingerprint density at radius 3 is 2.60 bits per heavy atom. The number of carbonyl (C=O) groups is 1. The highest BCUT2D eigenvalue weighted by Gasteiger charge is 2.29. The minimum atomic E-state index is -3.92. The Kier molecular flexibility index (Phi) is 4.69. The van der Waals surface area contributed by atoms with Gasteiger partial charge >= 0.3 is 0 Å². The zero-order chi connectivity index (χ0) is 15.1. The molecule has 1 fully saturated rings. The Labute approximate surface area is 135 Å². The highest BCUT2D eigenvalue weighted by Crippen LogP contribution is 2.33. The fourth-order valence-corrected chi connectivity index (χ4v) is 3.84. The van der Waals surface area contributed by atoms with Crippen LogP contribution >= 0.6 is 38.2 Å². The van der Waals surface area contributed by atoms with Crippen molar-refractivity contribution in [3.8, 4) is 0 Å². The van der Waals surface area contributed by atoms with Crippen LogP contribution in [0.4, 0.5) is 0 Å². The quantitative estimate of drug-likeness (QED) is 0.712. The molecule has 4 nitrogen and oxygen atoms in total. The molecule has 0 aromatic heterocycles. The van der Waals surface area contributed by atoms with Crippen molar-refractivity contribution in [2.75, 3.05) is 6.54 Å². The Balaban J connectivity index is 2.50. The predicted molar refractivity (Wildman–Crippen MR) is 81.9 cm³/mol. The van der Waals surface area contributed by atoms with Crippen LogP contribution in [0.25, 0.3) is 0 Å². The lowest BCUT2D eigenvalue weighted by molar-refractivity contribution is 0.0747. The molecule has 1 aliphatic heterocycles. The van der Waals surface area contributed by atoms with Gasteiger partial charge in [-0.05, 0) is 47.8 Å². The first-order chi connectivity index (χ1) is 9.21. The number of likely N-dealkylation sites (tertiary alicyclic amines) is 1. The van der Waals surface area contributed by atoms with Gasteiger partial charge in [0.1, 0.15) is 0 Å². The van der Waals surface area contributed by atoms with E-state index >= 15 is 0 Å². The molecule has 110 valence electrons. The van der Waals surface area contributed by atoms with Crippen LogP contribution in [0.3, 0.4) is 0 Å². The first-order valence-corrected chi connectivity index (χ1v) is 9.44. The highest BCUT2D eigenvalue weighted by molar-refractivity contribution is 9.10. The van der Waals surface area contributed by atoms with E-state index < -0.39 is 9.05 Å². The molecule has 1 aromatic rings. The third kappa shape index (κ3) is 3.13. The molecule has 1 heterocycles. The minimum Gasteiger partial charge on any atom is -0.336 e.